The Labute approximate surface area is 167 Å². The summed E-state index contributed by atoms with van der Waals surface area (Å²) in [4.78, 5) is 2.27. The fourth-order valence-corrected chi connectivity index (χ4v) is 0.655. The van der Waals surface area contributed by atoms with Gasteiger partial charge < -0.3 is 61.4 Å². The fourth-order valence-electron chi connectivity index (χ4n) is 0.655. The molecule has 0 amide bonds. The molecule has 0 aliphatic carbocycles. The van der Waals surface area contributed by atoms with Crippen molar-refractivity contribution in [3.05, 3.63) is 0 Å². The van der Waals surface area contributed by atoms with E-state index in [9.17, 15) is 51.8 Å². The second-order valence-corrected chi connectivity index (χ2v) is 3.40. The molecule has 18 heteroatoms. The van der Waals surface area contributed by atoms with Crippen LogP contribution in [0.2, 0.25) is 0 Å². The molecular weight excluding hydrogens is 390 g/mol. The number of morpholine rings is 1. The van der Waals surface area contributed by atoms with Crippen LogP contribution in [0.3, 0.4) is 0 Å². The molecule has 0 atom stereocenters. The predicted molar refractivity (Wildman–Crippen MR) is 66.0 cm³/mol. The number of likely N-dealkylation sites (N-methyl/N-ethyl adjacent to an activating group) is 1. The van der Waals surface area contributed by atoms with Crippen LogP contribution in [0.25, 0.3) is 0 Å². The minimum atomic E-state index is -6.00. The van der Waals surface area contributed by atoms with Gasteiger partial charge in [0.1, 0.15) is 0 Å². The first-order chi connectivity index (χ1) is 9.39. The molecule has 23 heavy (non-hydrogen) atoms. The molecule has 0 aromatic rings. The van der Waals surface area contributed by atoms with E-state index in [1.807, 2.05) is 0 Å². The van der Waals surface area contributed by atoms with E-state index < -0.39 is 21.8 Å². The van der Waals surface area contributed by atoms with E-state index in [1.54, 1.807) is 0 Å². The van der Waals surface area contributed by atoms with Crippen LogP contribution < -0.4 is 0 Å². The molecule has 1 aliphatic rings. The van der Waals surface area contributed by atoms with Crippen molar-refractivity contribution >= 4 is 73.1 Å². The summed E-state index contributed by atoms with van der Waals surface area (Å²) in [6, 6.07) is 0. The van der Waals surface area contributed by atoms with E-state index in [2.05, 4.69) is 11.9 Å². The molecule has 2 nitrogen and oxygen atoms in total. The van der Waals surface area contributed by atoms with Gasteiger partial charge in [0.15, 0.2) is 0 Å². The molecule has 1 rings (SSSR count). The molecule has 0 N–H and O–H groups in total. The van der Waals surface area contributed by atoms with E-state index in [0.717, 1.165) is 26.3 Å². The number of hydrogen-bond acceptors (Lipinski definition) is 2. The van der Waals surface area contributed by atoms with E-state index in [0.29, 0.717) is 0 Å². The summed E-state index contributed by atoms with van der Waals surface area (Å²) in [6.45, 7) is 4.02. The topological polar surface area (TPSA) is 12.5 Å². The van der Waals surface area contributed by atoms with Crippen molar-refractivity contribution in [2.24, 2.45) is 0 Å². The summed E-state index contributed by atoms with van der Waals surface area (Å²) in [5.41, 5.74) is 0. The molecule has 1 saturated heterocycles. The van der Waals surface area contributed by atoms with Gasteiger partial charge in [-0.2, -0.15) is 0 Å². The number of halogens is 12. The molecule has 0 unspecified atom stereocenters. The van der Waals surface area contributed by atoms with Gasteiger partial charge in [0.2, 0.25) is 0 Å². The number of rotatable bonds is 0. The van der Waals surface area contributed by atoms with E-state index in [4.69, 9.17) is 4.74 Å². The Bertz CT molecular complexity index is 208. The van der Waals surface area contributed by atoms with Crippen molar-refractivity contribution in [2.45, 2.75) is 0 Å². The molecular formula is C5H12B3F12KNO-3. The van der Waals surface area contributed by atoms with Crippen LogP contribution in [0.15, 0.2) is 0 Å². The molecule has 0 aromatic heterocycles. The van der Waals surface area contributed by atoms with E-state index >= 15 is 0 Å². The predicted octanol–water partition coefficient (Wildman–Crippen LogP) is 3.20. The molecule has 1 heterocycles. The molecule has 0 saturated carbocycles. The Hall–Kier alpha value is 0.911. The number of hydrogen-bond donors (Lipinski definition) is 0. The van der Waals surface area contributed by atoms with Crippen LogP contribution in [0.5, 0.6) is 0 Å². The molecule has 1 fully saturated rings. The summed E-state index contributed by atoms with van der Waals surface area (Å²) in [5, 5.41) is 0. The third kappa shape index (κ3) is 126. The Balaban J connectivity index is -0.000000105. The summed E-state index contributed by atoms with van der Waals surface area (Å²) in [6.07, 6.45) is 0. The monoisotopic (exact) mass is 402 g/mol. The quantitative estimate of drug-likeness (QED) is 0.457. The molecule has 140 valence electrons. The van der Waals surface area contributed by atoms with Crippen molar-refractivity contribution in [1.82, 2.24) is 4.90 Å². The SMILES string of the molecule is CN1CCOCC1.F[B-](F)(F)F.F[B-](F)(F)F.F[B-](F)(F)F.[KH]. The summed E-state index contributed by atoms with van der Waals surface area (Å²) >= 11 is 0. The third-order valence-electron chi connectivity index (χ3n) is 1.23. The van der Waals surface area contributed by atoms with E-state index in [1.165, 1.54) is 0 Å². The molecule has 0 spiro atoms. The molecule has 0 bridgehead atoms. The first kappa shape index (κ1) is 31.7. The van der Waals surface area contributed by atoms with Gasteiger partial charge >= 0.3 is 73.1 Å². The van der Waals surface area contributed by atoms with E-state index in [-0.39, 0.29) is 51.4 Å². The summed E-state index contributed by atoms with van der Waals surface area (Å²) in [5.74, 6) is 0. The Morgan fingerprint density at radius 3 is 0.870 bits per heavy atom. The van der Waals surface area contributed by atoms with Gasteiger partial charge in [0.25, 0.3) is 0 Å². The zero-order chi connectivity index (χ0) is 18.6. The maximum atomic E-state index is 9.75. The van der Waals surface area contributed by atoms with Gasteiger partial charge in [-0.3, -0.25) is 0 Å². The zero-order valence-electron chi connectivity index (χ0n) is 11.0. The van der Waals surface area contributed by atoms with Gasteiger partial charge in [0.05, 0.1) is 13.2 Å². The standard InChI is InChI=1S/C5H11NO.3BF4.K.H/c1-6-2-4-7-5-3-6;3*2-1(3,4)5;;/h2-5H2,1H3;;;;;/q;3*-1;;. The number of nitrogens with zero attached hydrogens (tertiary/aromatic N) is 1. The first-order valence-corrected chi connectivity index (χ1v) is 5.28. The van der Waals surface area contributed by atoms with Gasteiger partial charge in [-0.15, -0.1) is 0 Å². The van der Waals surface area contributed by atoms with Crippen LogP contribution in [0.1, 0.15) is 0 Å². The Kier molecular flexibility index (Phi) is 20.9. The van der Waals surface area contributed by atoms with Crippen LogP contribution in [0, 0.1) is 0 Å². The zero-order valence-corrected chi connectivity index (χ0v) is 11.0. The van der Waals surface area contributed by atoms with Crippen molar-refractivity contribution in [3.8, 4) is 0 Å². The fraction of sp³-hybridized carbons (Fsp3) is 1.00. The van der Waals surface area contributed by atoms with Crippen molar-refractivity contribution in [3.63, 3.8) is 0 Å². The van der Waals surface area contributed by atoms with Crippen LogP contribution in [-0.2, 0) is 4.74 Å². The van der Waals surface area contributed by atoms with Crippen molar-refractivity contribution in [2.75, 3.05) is 33.4 Å². The van der Waals surface area contributed by atoms with Gasteiger partial charge in [0, 0.05) is 13.1 Å². The van der Waals surface area contributed by atoms with Crippen molar-refractivity contribution < 1.29 is 56.5 Å². The molecule has 0 aromatic carbocycles. The average molecular weight is 402 g/mol. The third-order valence-corrected chi connectivity index (χ3v) is 1.23. The minimum absolute atomic E-state index is 0. The summed E-state index contributed by atoms with van der Waals surface area (Å²) < 4.78 is 122. The molecule has 1 aliphatic heterocycles. The summed E-state index contributed by atoms with van der Waals surface area (Å²) in [7, 11) is -15.9. The maximum absolute atomic E-state index is 9.75. The molecule has 0 radical (unpaired) electrons. The Morgan fingerprint density at radius 1 is 0.609 bits per heavy atom. The van der Waals surface area contributed by atoms with Crippen LogP contribution >= 0.6 is 0 Å². The van der Waals surface area contributed by atoms with Gasteiger partial charge in [-0.05, 0) is 7.05 Å². The normalized spacial score (nSPS) is 15.5. The second kappa shape index (κ2) is 15.2. The second-order valence-electron chi connectivity index (χ2n) is 3.40. The van der Waals surface area contributed by atoms with Gasteiger partial charge in [-0.1, -0.05) is 0 Å². The first-order valence-electron chi connectivity index (χ1n) is 5.28. The van der Waals surface area contributed by atoms with Crippen molar-refractivity contribution in [1.29, 1.82) is 0 Å². The van der Waals surface area contributed by atoms with Gasteiger partial charge in [-0.25, -0.2) is 0 Å². The average Bonchev–Trinajstić information content (AvgIpc) is 2.09. The van der Waals surface area contributed by atoms with Crippen LogP contribution in [0.4, 0.5) is 51.8 Å². The van der Waals surface area contributed by atoms with Crippen LogP contribution in [-0.4, -0.2) is 111 Å². The number of ether oxygens (including phenoxy) is 1. The Morgan fingerprint density at radius 2 is 0.783 bits per heavy atom.